The molecule has 0 aliphatic heterocycles. The van der Waals surface area contributed by atoms with Gasteiger partial charge in [0.1, 0.15) is 22.6 Å². The highest BCUT2D eigenvalue weighted by Gasteiger charge is 2.19. The van der Waals surface area contributed by atoms with Crippen LogP contribution in [-0.4, -0.2) is 27.5 Å². The van der Waals surface area contributed by atoms with Gasteiger partial charge in [-0.25, -0.2) is 14.8 Å². The first-order valence-electron chi connectivity index (χ1n) is 12.0. The van der Waals surface area contributed by atoms with Crippen LogP contribution >= 0.6 is 11.6 Å². The number of rotatable bonds is 7. The second kappa shape index (κ2) is 12.5. The van der Waals surface area contributed by atoms with Gasteiger partial charge in [0.2, 0.25) is 5.71 Å². The van der Waals surface area contributed by atoms with Gasteiger partial charge in [-0.1, -0.05) is 55.8 Å². The highest BCUT2D eigenvalue weighted by Crippen LogP contribution is 2.38. The Morgan fingerprint density at radius 3 is 2.35 bits per heavy atom. The molecule has 9 heteroatoms. The maximum atomic E-state index is 12.2. The monoisotopic (exact) mass is 514 g/mol. The second-order valence-electron chi connectivity index (χ2n) is 7.71. The Kier molecular flexibility index (Phi) is 8.67. The molecule has 5 rings (SSSR count). The standard InChI is InChI=1S/C26H21ClN6O2.C2H6/c27-22-21-24(30-16-31-25(21)35-23(22)18-5-4-13-28-15-18)29-14-12-17-8-10-20(11-9-17)33-26(34)32-19-6-2-1-3-7-19;1-2/h1-11,13,15-16H,12,14H2,(H,29,30,31)(H2,32,33,34);1-2H3. The fourth-order valence-electron chi connectivity index (χ4n) is 3.61. The van der Waals surface area contributed by atoms with Gasteiger partial charge in [0, 0.05) is 35.9 Å². The Bertz CT molecular complexity index is 1440. The van der Waals surface area contributed by atoms with Crippen molar-refractivity contribution in [2.45, 2.75) is 20.3 Å². The Hall–Kier alpha value is -4.43. The number of carbonyl (C=O) groups is 1. The van der Waals surface area contributed by atoms with E-state index in [1.165, 1.54) is 6.33 Å². The van der Waals surface area contributed by atoms with Gasteiger partial charge in [-0.2, -0.15) is 0 Å². The van der Waals surface area contributed by atoms with Crippen molar-refractivity contribution < 1.29 is 9.21 Å². The summed E-state index contributed by atoms with van der Waals surface area (Å²) < 4.78 is 5.87. The number of urea groups is 1. The molecule has 0 atom stereocenters. The zero-order valence-electron chi connectivity index (χ0n) is 20.5. The van der Waals surface area contributed by atoms with Gasteiger partial charge in [0.05, 0.1) is 0 Å². The van der Waals surface area contributed by atoms with E-state index in [0.717, 1.165) is 23.2 Å². The molecule has 37 heavy (non-hydrogen) atoms. The van der Waals surface area contributed by atoms with Gasteiger partial charge in [-0.15, -0.1) is 0 Å². The summed E-state index contributed by atoms with van der Waals surface area (Å²) in [6.45, 7) is 4.62. The fraction of sp³-hybridized carbons (Fsp3) is 0.143. The molecule has 188 valence electrons. The SMILES string of the molecule is CC.O=C(Nc1ccccc1)Nc1ccc(CCNc2ncnc3oc(-c4cccnc4)c(Cl)c23)cc1. The van der Waals surface area contributed by atoms with Crippen molar-refractivity contribution in [3.8, 4) is 11.3 Å². The average Bonchev–Trinajstić information content (AvgIpc) is 3.29. The molecule has 3 N–H and O–H groups in total. The highest BCUT2D eigenvalue weighted by atomic mass is 35.5. The zero-order valence-corrected chi connectivity index (χ0v) is 21.3. The summed E-state index contributed by atoms with van der Waals surface area (Å²) >= 11 is 6.62. The molecular weight excluding hydrogens is 488 g/mol. The number of halogens is 1. The largest absolute Gasteiger partial charge is 0.436 e. The van der Waals surface area contributed by atoms with Gasteiger partial charge in [0.15, 0.2) is 5.76 Å². The fourth-order valence-corrected chi connectivity index (χ4v) is 3.93. The highest BCUT2D eigenvalue weighted by molar-refractivity contribution is 6.38. The molecule has 0 aliphatic rings. The second-order valence-corrected chi connectivity index (χ2v) is 8.09. The summed E-state index contributed by atoms with van der Waals surface area (Å²) in [6.07, 6.45) is 5.56. The summed E-state index contributed by atoms with van der Waals surface area (Å²) in [4.78, 5) is 24.8. The number of nitrogens with one attached hydrogen (secondary N) is 3. The maximum absolute atomic E-state index is 12.2. The van der Waals surface area contributed by atoms with E-state index in [-0.39, 0.29) is 6.03 Å². The lowest BCUT2D eigenvalue weighted by Crippen LogP contribution is -2.19. The number of carbonyl (C=O) groups excluding carboxylic acids is 1. The predicted molar refractivity (Wildman–Crippen MR) is 149 cm³/mol. The number of fused-ring (bicyclic) bond motifs is 1. The number of aromatic nitrogens is 3. The third-order valence-electron chi connectivity index (χ3n) is 5.30. The third kappa shape index (κ3) is 6.42. The van der Waals surface area contributed by atoms with Crippen molar-refractivity contribution in [1.29, 1.82) is 0 Å². The van der Waals surface area contributed by atoms with E-state index >= 15 is 0 Å². The van der Waals surface area contributed by atoms with Crippen LogP contribution in [0.3, 0.4) is 0 Å². The van der Waals surface area contributed by atoms with Gasteiger partial charge >= 0.3 is 6.03 Å². The summed E-state index contributed by atoms with van der Waals surface area (Å²) in [6, 6.07) is 20.4. The number of furan rings is 1. The molecule has 3 heterocycles. The topological polar surface area (TPSA) is 105 Å². The van der Waals surface area contributed by atoms with Crippen molar-refractivity contribution >= 4 is 45.9 Å². The first-order chi connectivity index (χ1) is 18.2. The van der Waals surface area contributed by atoms with Crippen molar-refractivity contribution in [1.82, 2.24) is 15.0 Å². The minimum Gasteiger partial charge on any atom is -0.436 e. The van der Waals surface area contributed by atoms with Gasteiger partial charge < -0.3 is 20.4 Å². The number of pyridine rings is 1. The van der Waals surface area contributed by atoms with Crippen LogP contribution in [0.5, 0.6) is 0 Å². The molecule has 2 aromatic carbocycles. The summed E-state index contributed by atoms with van der Waals surface area (Å²) in [5, 5.41) is 10.0. The van der Waals surface area contributed by atoms with Crippen LogP contribution in [0.15, 0.2) is 89.9 Å². The van der Waals surface area contributed by atoms with E-state index in [0.29, 0.717) is 39.9 Å². The molecule has 0 spiro atoms. The van der Waals surface area contributed by atoms with Crippen LogP contribution in [0.2, 0.25) is 5.02 Å². The van der Waals surface area contributed by atoms with Gasteiger partial charge in [0.25, 0.3) is 0 Å². The molecule has 0 fully saturated rings. The van der Waals surface area contributed by atoms with Crippen LogP contribution in [-0.2, 0) is 6.42 Å². The summed E-state index contributed by atoms with van der Waals surface area (Å²) in [5.41, 5.74) is 3.73. The first-order valence-corrected chi connectivity index (χ1v) is 12.3. The molecule has 0 saturated carbocycles. The molecule has 0 radical (unpaired) electrons. The van der Waals surface area contributed by atoms with Crippen LogP contribution in [0.25, 0.3) is 22.4 Å². The van der Waals surface area contributed by atoms with E-state index in [1.807, 2.05) is 80.6 Å². The van der Waals surface area contributed by atoms with Crippen molar-refractivity contribution in [2.24, 2.45) is 0 Å². The summed E-state index contributed by atoms with van der Waals surface area (Å²) in [5.74, 6) is 1.12. The minimum absolute atomic E-state index is 0.291. The van der Waals surface area contributed by atoms with Crippen LogP contribution < -0.4 is 16.0 Å². The molecular formula is C28H27ClN6O2. The maximum Gasteiger partial charge on any atom is 0.323 e. The van der Waals surface area contributed by atoms with E-state index in [9.17, 15) is 4.79 Å². The molecule has 3 aromatic heterocycles. The van der Waals surface area contributed by atoms with Crippen LogP contribution in [0.4, 0.5) is 22.0 Å². The third-order valence-corrected chi connectivity index (χ3v) is 5.66. The molecule has 0 aliphatic carbocycles. The van der Waals surface area contributed by atoms with Crippen molar-refractivity contribution in [3.63, 3.8) is 0 Å². The number of para-hydroxylation sites is 1. The van der Waals surface area contributed by atoms with E-state index in [1.54, 1.807) is 12.4 Å². The van der Waals surface area contributed by atoms with Gasteiger partial charge in [-0.3, -0.25) is 4.98 Å². The molecule has 0 unspecified atom stereocenters. The predicted octanol–water partition coefficient (Wildman–Crippen LogP) is 7.26. The zero-order chi connectivity index (χ0) is 26.0. The first kappa shape index (κ1) is 25.7. The molecule has 0 saturated heterocycles. The lowest BCUT2D eigenvalue weighted by atomic mass is 10.1. The van der Waals surface area contributed by atoms with E-state index in [2.05, 4.69) is 30.9 Å². The normalized spacial score (nSPS) is 10.4. The van der Waals surface area contributed by atoms with Crippen molar-refractivity contribution in [2.75, 3.05) is 22.5 Å². The Morgan fingerprint density at radius 2 is 1.65 bits per heavy atom. The lowest BCUT2D eigenvalue weighted by molar-refractivity contribution is 0.262. The number of anilines is 3. The minimum atomic E-state index is -0.291. The van der Waals surface area contributed by atoms with E-state index < -0.39 is 0 Å². The quantitative estimate of drug-likeness (QED) is 0.211. The molecule has 5 aromatic rings. The Labute approximate surface area is 220 Å². The Morgan fingerprint density at radius 1 is 0.919 bits per heavy atom. The smallest absolute Gasteiger partial charge is 0.323 e. The number of nitrogens with zero attached hydrogens (tertiary/aromatic N) is 3. The molecule has 8 nitrogen and oxygen atoms in total. The average molecular weight is 515 g/mol. The summed E-state index contributed by atoms with van der Waals surface area (Å²) in [7, 11) is 0. The molecule has 0 bridgehead atoms. The van der Waals surface area contributed by atoms with E-state index in [4.69, 9.17) is 16.0 Å². The number of amides is 2. The van der Waals surface area contributed by atoms with Gasteiger partial charge in [-0.05, 0) is 48.4 Å². The van der Waals surface area contributed by atoms with Crippen molar-refractivity contribution in [3.05, 3.63) is 96.0 Å². The number of hydrogen-bond acceptors (Lipinski definition) is 6. The number of hydrogen-bond donors (Lipinski definition) is 3. The lowest BCUT2D eigenvalue weighted by Gasteiger charge is -2.09. The number of benzene rings is 2. The Balaban J connectivity index is 0.00000156. The van der Waals surface area contributed by atoms with Crippen LogP contribution in [0, 0.1) is 0 Å². The van der Waals surface area contributed by atoms with Crippen LogP contribution in [0.1, 0.15) is 19.4 Å². The molecule has 2 amide bonds.